The summed E-state index contributed by atoms with van der Waals surface area (Å²) in [5, 5.41) is 12.2. The van der Waals surface area contributed by atoms with E-state index in [1.807, 2.05) is 30.3 Å². The van der Waals surface area contributed by atoms with Gasteiger partial charge in [-0.1, -0.05) is 55.8 Å². The van der Waals surface area contributed by atoms with E-state index in [9.17, 15) is 9.59 Å². The molecule has 2 aromatic rings. The molecule has 0 unspecified atom stereocenters. The average Bonchev–Trinajstić information content (AvgIpc) is 3.17. The average molecular weight is 381 g/mol. The summed E-state index contributed by atoms with van der Waals surface area (Å²) in [7, 11) is 1.75. The van der Waals surface area contributed by atoms with Crippen LogP contribution in [0, 0.1) is 0 Å². The summed E-state index contributed by atoms with van der Waals surface area (Å²) < 4.78 is 0. The first-order valence-corrected chi connectivity index (χ1v) is 9.71. The van der Waals surface area contributed by atoms with Crippen LogP contribution >= 0.6 is 0 Å². The first-order valence-electron chi connectivity index (χ1n) is 9.71. The third-order valence-corrected chi connectivity index (χ3v) is 5.37. The zero-order chi connectivity index (χ0) is 20.1. The smallest absolute Gasteiger partial charge is 0.267 e. The highest BCUT2D eigenvalue weighted by atomic mass is 16.5. The minimum Gasteiger partial charge on any atom is -0.325 e. The molecule has 3 rings (SSSR count). The Morgan fingerprint density at radius 2 is 1.86 bits per heavy atom. The van der Waals surface area contributed by atoms with Gasteiger partial charge in [0.2, 0.25) is 0 Å². The van der Waals surface area contributed by atoms with Gasteiger partial charge in [0.1, 0.15) is 6.04 Å². The Hall–Kier alpha value is -2.70. The highest BCUT2D eigenvalue weighted by Gasteiger charge is 2.41. The van der Waals surface area contributed by atoms with Crippen LogP contribution in [0.15, 0.2) is 48.5 Å². The molecule has 6 nitrogen and oxygen atoms in total. The van der Waals surface area contributed by atoms with Crippen molar-refractivity contribution in [3.8, 4) is 11.1 Å². The quantitative estimate of drug-likeness (QED) is 0.531. The molecule has 1 aliphatic rings. The molecule has 1 aliphatic heterocycles. The van der Waals surface area contributed by atoms with Gasteiger partial charge in [0.25, 0.3) is 11.8 Å². The Balaban J connectivity index is 1.93. The number of carbonyl (C=O) groups is 2. The van der Waals surface area contributed by atoms with Crippen LogP contribution in [0.25, 0.3) is 11.1 Å². The molecule has 1 saturated heterocycles. The Morgan fingerprint density at radius 1 is 1.14 bits per heavy atom. The lowest BCUT2D eigenvalue weighted by molar-refractivity contribution is -0.133. The fourth-order valence-corrected chi connectivity index (χ4v) is 3.93. The normalized spacial score (nSPS) is 18.9. The van der Waals surface area contributed by atoms with Crippen LogP contribution < -0.4 is 10.8 Å². The van der Waals surface area contributed by atoms with Gasteiger partial charge in [-0.05, 0) is 42.6 Å². The number of likely N-dealkylation sites (N-methyl/N-ethyl adjacent to an activating group) is 1. The molecule has 28 heavy (non-hydrogen) atoms. The van der Waals surface area contributed by atoms with E-state index in [0.717, 1.165) is 24.0 Å². The van der Waals surface area contributed by atoms with E-state index >= 15 is 0 Å². The molecule has 0 saturated carbocycles. The van der Waals surface area contributed by atoms with E-state index in [1.165, 1.54) is 10.5 Å². The van der Waals surface area contributed by atoms with Crippen molar-refractivity contribution in [1.29, 1.82) is 0 Å². The summed E-state index contributed by atoms with van der Waals surface area (Å²) >= 11 is 0. The number of amides is 2. The molecule has 0 aromatic heterocycles. The molecular formula is C22H27N3O3. The molecule has 1 fully saturated rings. The number of rotatable bonds is 6. The highest BCUT2D eigenvalue weighted by molar-refractivity contribution is 6.03. The van der Waals surface area contributed by atoms with Gasteiger partial charge in [-0.15, -0.1) is 0 Å². The van der Waals surface area contributed by atoms with Crippen LogP contribution in [0.5, 0.6) is 0 Å². The summed E-state index contributed by atoms with van der Waals surface area (Å²) in [6.07, 6.45) is 2.76. The summed E-state index contributed by atoms with van der Waals surface area (Å²) in [4.78, 5) is 27.1. The van der Waals surface area contributed by atoms with Gasteiger partial charge in [0.05, 0.1) is 0 Å². The van der Waals surface area contributed by atoms with E-state index in [0.29, 0.717) is 18.5 Å². The first kappa shape index (κ1) is 20.0. The second-order valence-corrected chi connectivity index (χ2v) is 7.10. The monoisotopic (exact) mass is 381 g/mol. The predicted octanol–water partition coefficient (Wildman–Crippen LogP) is 2.61. The van der Waals surface area contributed by atoms with E-state index in [1.54, 1.807) is 18.6 Å². The standard InChI is InChI=1S/C22H27N3O3/c1-3-6-15-9-11-16(12-10-15)17-7-4-5-8-18(17)22(27)25-14-13-19(23-2)20(25)21(26)24-28/h4-5,7-12,19-20,23,28H,3,6,13-14H2,1-2H3,(H,24,26)/t19-,20-/m0/s1. The largest absolute Gasteiger partial charge is 0.325 e. The van der Waals surface area contributed by atoms with Crippen molar-refractivity contribution in [3.05, 3.63) is 59.7 Å². The van der Waals surface area contributed by atoms with Gasteiger partial charge in [0, 0.05) is 18.2 Å². The van der Waals surface area contributed by atoms with Gasteiger partial charge in [0.15, 0.2) is 0 Å². The molecule has 1 heterocycles. The Labute approximate surface area is 165 Å². The third-order valence-electron chi connectivity index (χ3n) is 5.37. The lowest BCUT2D eigenvalue weighted by Crippen LogP contribution is -2.52. The molecule has 0 aliphatic carbocycles. The third kappa shape index (κ3) is 3.93. The zero-order valence-corrected chi connectivity index (χ0v) is 16.3. The van der Waals surface area contributed by atoms with Gasteiger partial charge >= 0.3 is 0 Å². The highest BCUT2D eigenvalue weighted by Crippen LogP contribution is 2.28. The molecule has 0 bridgehead atoms. The Bertz CT molecular complexity index is 835. The van der Waals surface area contributed by atoms with Crippen molar-refractivity contribution in [2.45, 2.75) is 38.3 Å². The molecule has 2 aromatic carbocycles. The topological polar surface area (TPSA) is 81.7 Å². The summed E-state index contributed by atoms with van der Waals surface area (Å²) in [6.45, 7) is 2.60. The van der Waals surface area contributed by atoms with E-state index < -0.39 is 11.9 Å². The van der Waals surface area contributed by atoms with Crippen LogP contribution in [0.1, 0.15) is 35.7 Å². The second kappa shape index (κ2) is 8.99. The van der Waals surface area contributed by atoms with E-state index in [2.05, 4.69) is 24.4 Å². The molecule has 148 valence electrons. The fraction of sp³-hybridized carbons (Fsp3) is 0.364. The van der Waals surface area contributed by atoms with Crippen molar-refractivity contribution >= 4 is 11.8 Å². The van der Waals surface area contributed by atoms with Crippen LogP contribution in [0.4, 0.5) is 0 Å². The molecule has 2 amide bonds. The number of carbonyl (C=O) groups excluding carboxylic acids is 2. The number of likely N-dealkylation sites (tertiary alicyclic amines) is 1. The van der Waals surface area contributed by atoms with Crippen molar-refractivity contribution in [1.82, 2.24) is 15.7 Å². The maximum Gasteiger partial charge on any atom is 0.267 e. The summed E-state index contributed by atoms with van der Waals surface area (Å²) in [6, 6.07) is 14.8. The molecule has 2 atom stereocenters. The van der Waals surface area contributed by atoms with Crippen LogP contribution in [-0.2, 0) is 11.2 Å². The lowest BCUT2D eigenvalue weighted by atomic mass is 9.97. The fourth-order valence-electron chi connectivity index (χ4n) is 3.93. The van der Waals surface area contributed by atoms with Crippen molar-refractivity contribution in [3.63, 3.8) is 0 Å². The van der Waals surface area contributed by atoms with Gasteiger partial charge in [-0.25, -0.2) is 5.48 Å². The minimum absolute atomic E-state index is 0.198. The van der Waals surface area contributed by atoms with Crippen LogP contribution in [-0.4, -0.2) is 47.6 Å². The van der Waals surface area contributed by atoms with E-state index in [4.69, 9.17) is 5.21 Å². The maximum absolute atomic E-state index is 13.3. The van der Waals surface area contributed by atoms with E-state index in [-0.39, 0.29) is 11.9 Å². The number of nitrogens with zero attached hydrogens (tertiary/aromatic N) is 1. The maximum atomic E-state index is 13.3. The minimum atomic E-state index is -0.748. The number of hydrogen-bond acceptors (Lipinski definition) is 4. The number of hydrogen-bond donors (Lipinski definition) is 3. The Kier molecular flexibility index (Phi) is 6.44. The lowest BCUT2D eigenvalue weighted by Gasteiger charge is -2.27. The van der Waals surface area contributed by atoms with Gasteiger partial charge in [-0.3, -0.25) is 14.8 Å². The molecule has 3 N–H and O–H groups in total. The molecule has 0 spiro atoms. The number of nitrogens with one attached hydrogen (secondary N) is 2. The van der Waals surface area contributed by atoms with Crippen LogP contribution in [0.2, 0.25) is 0 Å². The molecule has 0 radical (unpaired) electrons. The second-order valence-electron chi connectivity index (χ2n) is 7.10. The molecule has 6 heteroatoms. The van der Waals surface area contributed by atoms with Crippen molar-refractivity contribution in [2.24, 2.45) is 0 Å². The first-order chi connectivity index (χ1) is 13.6. The van der Waals surface area contributed by atoms with Crippen LogP contribution in [0.3, 0.4) is 0 Å². The van der Waals surface area contributed by atoms with Gasteiger partial charge in [-0.2, -0.15) is 0 Å². The van der Waals surface area contributed by atoms with Gasteiger partial charge < -0.3 is 10.2 Å². The number of aryl methyl sites for hydroxylation is 1. The zero-order valence-electron chi connectivity index (χ0n) is 16.3. The summed E-state index contributed by atoms with van der Waals surface area (Å²) in [5.41, 5.74) is 5.33. The number of benzene rings is 2. The predicted molar refractivity (Wildman–Crippen MR) is 108 cm³/mol. The SMILES string of the molecule is CCCc1ccc(-c2ccccc2C(=O)N2CC[C@H](NC)[C@H]2C(=O)NO)cc1. The Morgan fingerprint density at radius 3 is 2.50 bits per heavy atom. The summed E-state index contributed by atoms with van der Waals surface area (Å²) in [5.74, 6) is -0.786. The van der Waals surface area contributed by atoms with Crippen molar-refractivity contribution in [2.75, 3.05) is 13.6 Å². The van der Waals surface area contributed by atoms with Crippen molar-refractivity contribution < 1.29 is 14.8 Å². The molecular weight excluding hydrogens is 354 g/mol. The number of hydroxylamine groups is 1.